The molecule has 0 saturated carbocycles. The number of para-hydroxylation sites is 1. The van der Waals surface area contributed by atoms with Crippen LogP contribution in [-0.2, 0) is 10.5 Å². The van der Waals surface area contributed by atoms with E-state index in [-0.39, 0.29) is 0 Å². The molecule has 0 atom stereocenters. The van der Waals surface area contributed by atoms with Gasteiger partial charge in [0.1, 0.15) is 5.56 Å². The van der Waals surface area contributed by atoms with Crippen LogP contribution >= 0.6 is 0 Å². The molecule has 0 aliphatic carbocycles. The molecule has 0 fully saturated rings. The highest BCUT2D eigenvalue weighted by molar-refractivity contribution is 7.81. The Bertz CT molecular complexity index is 453. The third-order valence-electron chi connectivity index (χ3n) is 1.31. The van der Waals surface area contributed by atoms with Crippen LogP contribution in [0.4, 0.5) is 3.89 Å². The smallest absolute Gasteiger partial charge is 0.478 e. The van der Waals surface area contributed by atoms with E-state index in [4.69, 9.17) is 5.11 Å². The number of aromatic carboxylic acids is 1. The van der Waals surface area contributed by atoms with Gasteiger partial charge in [-0.25, -0.2) is 4.79 Å². The molecule has 0 aromatic heterocycles. The largest absolute Gasteiger partial charge is 0.488 e. The van der Waals surface area contributed by atoms with E-state index in [2.05, 4.69) is 4.18 Å². The molecule has 1 aromatic rings. The average molecular weight is 220 g/mol. The van der Waals surface area contributed by atoms with Crippen LogP contribution in [0.25, 0.3) is 0 Å². The van der Waals surface area contributed by atoms with Gasteiger partial charge in [-0.3, -0.25) is 0 Å². The van der Waals surface area contributed by atoms with Gasteiger partial charge < -0.3 is 9.29 Å². The van der Waals surface area contributed by atoms with Crippen LogP contribution in [0.3, 0.4) is 0 Å². The van der Waals surface area contributed by atoms with Crippen LogP contribution in [0.5, 0.6) is 5.75 Å². The summed E-state index contributed by atoms with van der Waals surface area (Å²) in [7, 11) is -5.20. The molecular formula is C7H5FO5S. The highest BCUT2D eigenvalue weighted by Gasteiger charge is 2.16. The maximum absolute atomic E-state index is 12.1. The molecule has 0 saturated heterocycles. The van der Waals surface area contributed by atoms with Gasteiger partial charge in [0, 0.05) is 0 Å². The average Bonchev–Trinajstić information content (AvgIpc) is 2.01. The Morgan fingerprint density at radius 1 is 1.36 bits per heavy atom. The molecule has 0 spiro atoms. The summed E-state index contributed by atoms with van der Waals surface area (Å²) in [4.78, 5) is 10.5. The first-order valence-electron chi connectivity index (χ1n) is 3.36. The predicted molar refractivity (Wildman–Crippen MR) is 44.1 cm³/mol. The summed E-state index contributed by atoms with van der Waals surface area (Å²) in [6, 6.07) is 4.83. The number of hydrogen-bond donors (Lipinski definition) is 1. The van der Waals surface area contributed by atoms with Crippen molar-refractivity contribution in [1.29, 1.82) is 0 Å². The first-order valence-corrected chi connectivity index (χ1v) is 4.67. The van der Waals surface area contributed by atoms with Gasteiger partial charge in [-0.1, -0.05) is 16.0 Å². The molecular weight excluding hydrogens is 215 g/mol. The van der Waals surface area contributed by atoms with Crippen molar-refractivity contribution < 1.29 is 26.4 Å². The van der Waals surface area contributed by atoms with Crippen molar-refractivity contribution in [2.45, 2.75) is 0 Å². The summed E-state index contributed by atoms with van der Waals surface area (Å²) in [6.07, 6.45) is 0. The van der Waals surface area contributed by atoms with E-state index in [9.17, 15) is 17.1 Å². The lowest BCUT2D eigenvalue weighted by Crippen LogP contribution is -2.06. The third-order valence-corrected chi connectivity index (χ3v) is 1.69. The Morgan fingerprint density at radius 2 is 1.93 bits per heavy atom. The van der Waals surface area contributed by atoms with E-state index >= 15 is 0 Å². The summed E-state index contributed by atoms with van der Waals surface area (Å²) in [6.45, 7) is 0. The van der Waals surface area contributed by atoms with Crippen LogP contribution in [0, 0.1) is 0 Å². The summed E-state index contributed by atoms with van der Waals surface area (Å²) in [5.41, 5.74) is -0.422. The standard InChI is InChI=1S/C7H5FO5S/c8-14(11,12)13-6-4-2-1-3-5(6)7(9)10/h1-4H,(H,9,10). The molecule has 0 unspecified atom stereocenters. The Kier molecular flexibility index (Phi) is 2.70. The third kappa shape index (κ3) is 2.70. The van der Waals surface area contributed by atoms with Crippen molar-refractivity contribution in [3.05, 3.63) is 29.8 Å². The van der Waals surface area contributed by atoms with Crippen LogP contribution in [0.15, 0.2) is 24.3 Å². The minimum Gasteiger partial charge on any atom is -0.478 e. The number of hydrogen-bond acceptors (Lipinski definition) is 4. The fourth-order valence-electron chi connectivity index (χ4n) is 0.823. The lowest BCUT2D eigenvalue weighted by atomic mass is 10.2. The topological polar surface area (TPSA) is 80.7 Å². The van der Waals surface area contributed by atoms with E-state index in [1.54, 1.807) is 0 Å². The second kappa shape index (κ2) is 3.62. The molecule has 1 aromatic carbocycles. The molecule has 7 heteroatoms. The van der Waals surface area contributed by atoms with E-state index in [0.29, 0.717) is 0 Å². The molecule has 0 amide bonds. The number of carboxylic acid groups (broad SMARTS) is 1. The van der Waals surface area contributed by atoms with Crippen LogP contribution in [0.1, 0.15) is 10.4 Å². The summed E-state index contributed by atoms with van der Waals surface area (Å²) in [5, 5.41) is 8.57. The Labute approximate surface area is 79.2 Å². The molecule has 0 radical (unpaired) electrons. The summed E-state index contributed by atoms with van der Waals surface area (Å²) >= 11 is 0. The number of carboxylic acids is 1. The van der Waals surface area contributed by atoms with Gasteiger partial charge in [0.2, 0.25) is 0 Å². The summed E-state index contributed by atoms with van der Waals surface area (Å²) in [5.74, 6) is -1.95. The number of halogens is 1. The van der Waals surface area contributed by atoms with Gasteiger partial charge in [-0.15, -0.1) is 0 Å². The molecule has 14 heavy (non-hydrogen) atoms. The quantitative estimate of drug-likeness (QED) is 0.768. The highest BCUT2D eigenvalue weighted by Crippen LogP contribution is 2.19. The van der Waals surface area contributed by atoms with Gasteiger partial charge in [-0.05, 0) is 12.1 Å². The summed E-state index contributed by atoms with van der Waals surface area (Å²) < 4.78 is 36.1. The number of benzene rings is 1. The highest BCUT2D eigenvalue weighted by atomic mass is 32.3. The SMILES string of the molecule is O=C(O)c1ccccc1OS(=O)(=O)F. The lowest BCUT2D eigenvalue weighted by Gasteiger charge is -2.02. The van der Waals surface area contributed by atoms with E-state index in [0.717, 1.165) is 12.1 Å². The van der Waals surface area contributed by atoms with E-state index < -0.39 is 27.8 Å². The Morgan fingerprint density at radius 3 is 2.43 bits per heavy atom. The zero-order chi connectivity index (χ0) is 10.8. The van der Waals surface area contributed by atoms with Gasteiger partial charge in [0.05, 0.1) is 0 Å². The fourth-order valence-corrected chi connectivity index (χ4v) is 1.18. The lowest BCUT2D eigenvalue weighted by molar-refractivity contribution is 0.0695. The van der Waals surface area contributed by atoms with Crippen LogP contribution in [-0.4, -0.2) is 19.5 Å². The van der Waals surface area contributed by atoms with Crippen molar-refractivity contribution >= 4 is 16.5 Å². The maximum Gasteiger partial charge on any atom is 0.488 e. The second-order valence-electron chi connectivity index (χ2n) is 2.28. The fraction of sp³-hybridized carbons (Fsp3) is 0. The van der Waals surface area contributed by atoms with Crippen molar-refractivity contribution in [3.63, 3.8) is 0 Å². The first-order chi connectivity index (χ1) is 6.40. The van der Waals surface area contributed by atoms with Gasteiger partial charge in [-0.2, -0.15) is 8.42 Å². The van der Waals surface area contributed by atoms with Crippen molar-refractivity contribution in [1.82, 2.24) is 0 Å². The van der Waals surface area contributed by atoms with Gasteiger partial charge in [0.25, 0.3) is 0 Å². The second-order valence-corrected chi connectivity index (χ2v) is 3.23. The number of rotatable bonds is 3. The van der Waals surface area contributed by atoms with Crippen LogP contribution in [0.2, 0.25) is 0 Å². The maximum atomic E-state index is 12.1. The van der Waals surface area contributed by atoms with E-state index in [1.807, 2.05) is 0 Å². The van der Waals surface area contributed by atoms with E-state index in [1.165, 1.54) is 12.1 Å². The monoisotopic (exact) mass is 220 g/mol. The Hall–Kier alpha value is -1.63. The Balaban J connectivity index is 3.15. The normalized spacial score (nSPS) is 10.9. The zero-order valence-corrected chi connectivity index (χ0v) is 7.49. The molecule has 0 heterocycles. The molecule has 5 nitrogen and oxygen atoms in total. The van der Waals surface area contributed by atoms with Gasteiger partial charge in [0.15, 0.2) is 5.75 Å². The van der Waals surface area contributed by atoms with Gasteiger partial charge >= 0.3 is 16.5 Å². The molecule has 1 rings (SSSR count). The van der Waals surface area contributed by atoms with Crippen molar-refractivity contribution in [2.75, 3.05) is 0 Å². The first kappa shape index (κ1) is 10.5. The molecule has 0 aliphatic heterocycles. The minimum atomic E-state index is -5.20. The molecule has 76 valence electrons. The molecule has 1 N–H and O–H groups in total. The van der Waals surface area contributed by atoms with Crippen molar-refractivity contribution in [3.8, 4) is 5.75 Å². The molecule has 0 aliphatic rings. The minimum absolute atomic E-state index is 0.422. The molecule has 0 bridgehead atoms. The zero-order valence-electron chi connectivity index (χ0n) is 6.68. The predicted octanol–water partition coefficient (Wildman–Crippen LogP) is 0.978. The van der Waals surface area contributed by atoms with Crippen molar-refractivity contribution in [2.24, 2.45) is 0 Å². The van der Waals surface area contributed by atoms with Crippen LogP contribution < -0.4 is 4.18 Å². The number of carbonyl (C=O) groups is 1.